The number of halogens is 2. The van der Waals surface area contributed by atoms with Crippen molar-refractivity contribution in [1.82, 2.24) is 0 Å². The molecule has 0 saturated heterocycles. The summed E-state index contributed by atoms with van der Waals surface area (Å²) in [6.07, 6.45) is 0. The number of anilines is 2. The summed E-state index contributed by atoms with van der Waals surface area (Å²) in [5.74, 6) is 0. The molecule has 2 aromatic carbocycles. The quantitative estimate of drug-likeness (QED) is 0.668. The van der Waals surface area contributed by atoms with E-state index in [4.69, 9.17) is 28.5 Å². The van der Waals surface area contributed by atoms with Crippen LogP contribution in [0.5, 0.6) is 0 Å². The summed E-state index contributed by atoms with van der Waals surface area (Å²) in [5.41, 5.74) is 0.875. The molecule has 0 bridgehead atoms. The molecular formula is C13H7Cl2N3O2. The van der Waals surface area contributed by atoms with E-state index in [2.05, 4.69) is 5.32 Å². The van der Waals surface area contributed by atoms with Gasteiger partial charge in [0.1, 0.15) is 11.6 Å². The molecule has 20 heavy (non-hydrogen) atoms. The van der Waals surface area contributed by atoms with Gasteiger partial charge in [-0.3, -0.25) is 10.1 Å². The molecule has 1 N–H and O–H groups in total. The van der Waals surface area contributed by atoms with Crippen LogP contribution in [0, 0.1) is 21.4 Å². The van der Waals surface area contributed by atoms with Gasteiger partial charge in [0.05, 0.1) is 15.0 Å². The summed E-state index contributed by atoms with van der Waals surface area (Å²) in [7, 11) is 0. The smallest absolute Gasteiger partial charge is 0.289 e. The van der Waals surface area contributed by atoms with E-state index in [1.54, 1.807) is 30.3 Å². The van der Waals surface area contributed by atoms with Crippen molar-refractivity contribution in [3.8, 4) is 6.07 Å². The lowest BCUT2D eigenvalue weighted by Gasteiger charge is -2.07. The number of benzene rings is 2. The second-order valence-corrected chi connectivity index (χ2v) is 4.67. The van der Waals surface area contributed by atoms with Crippen molar-refractivity contribution in [2.24, 2.45) is 0 Å². The molecule has 2 aromatic rings. The Bertz CT molecular complexity index is 726. The Kier molecular flexibility index (Phi) is 4.08. The first kappa shape index (κ1) is 14.1. The van der Waals surface area contributed by atoms with E-state index >= 15 is 0 Å². The van der Waals surface area contributed by atoms with E-state index in [-0.39, 0.29) is 11.3 Å². The number of hydrogen-bond donors (Lipinski definition) is 1. The number of nitriles is 1. The highest BCUT2D eigenvalue weighted by Gasteiger charge is 2.14. The SMILES string of the molecule is N#Cc1ccc(Nc2ccc(Cl)c(Cl)c2)cc1[N+](=O)[O-]. The Morgan fingerprint density at radius 2 is 1.75 bits per heavy atom. The number of hydrogen-bond acceptors (Lipinski definition) is 4. The number of nitrogens with one attached hydrogen (secondary N) is 1. The Morgan fingerprint density at radius 1 is 1.10 bits per heavy atom. The lowest BCUT2D eigenvalue weighted by Crippen LogP contribution is -1.96. The third kappa shape index (κ3) is 2.99. The molecule has 100 valence electrons. The van der Waals surface area contributed by atoms with Crippen LogP contribution >= 0.6 is 23.2 Å². The fraction of sp³-hybridized carbons (Fsp3) is 0. The van der Waals surface area contributed by atoms with Gasteiger partial charge in [-0.15, -0.1) is 0 Å². The molecule has 0 aromatic heterocycles. The lowest BCUT2D eigenvalue weighted by atomic mass is 10.1. The predicted octanol–water partition coefficient (Wildman–Crippen LogP) is 4.52. The minimum atomic E-state index is -0.599. The first-order valence-corrected chi connectivity index (χ1v) is 6.17. The van der Waals surface area contributed by atoms with Crippen LogP contribution in [0.1, 0.15) is 5.56 Å². The zero-order valence-electron chi connectivity index (χ0n) is 9.93. The van der Waals surface area contributed by atoms with Gasteiger partial charge in [-0.2, -0.15) is 5.26 Å². The second kappa shape index (κ2) is 5.78. The molecule has 0 unspecified atom stereocenters. The highest BCUT2D eigenvalue weighted by atomic mass is 35.5. The molecule has 0 aliphatic rings. The molecule has 0 amide bonds. The summed E-state index contributed by atoms with van der Waals surface area (Å²) in [6, 6.07) is 10.9. The van der Waals surface area contributed by atoms with Gasteiger partial charge < -0.3 is 5.32 Å². The van der Waals surface area contributed by atoms with Crippen LogP contribution in [0.4, 0.5) is 17.1 Å². The van der Waals surface area contributed by atoms with E-state index < -0.39 is 4.92 Å². The molecular weight excluding hydrogens is 301 g/mol. The number of nitrogens with zero attached hydrogens (tertiary/aromatic N) is 2. The monoisotopic (exact) mass is 307 g/mol. The van der Waals surface area contributed by atoms with Crippen LogP contribution < -0.4 is 5.32 Å². The van der Waals surface area contributed by atoms with Crippen LogP contribution in [0.3, 0.4) is 0 Å². The zero-order valence-corrected chi connectivity index (χ0v) is 11.4. The minimum Gasteiger partial charge on any atom is -0.355 e. The summed E-state index contributed by atoms with van der Waals surface area (Å²) in [6.45, 7) is 0. The molecule has 0 fully saturated rings. The van der Waals surface area contributed by atoms with E-state index in [0.717, 1.165) is 0 Å². The van der Waals surface area contributed by atoms with Gasteiger partial charge in [-0.1, -0.05) is 23.2 Å². The first-order valence-electron chi connectivity index (χ1n) is 5.42. The van der Waals surface area contributed by atoms with Crippen molar-refractivity contribution in [2.75, 3.05) is 5.32 Å². The Morgan fingerprint density at radius 3 is 2.35 bits per heavy atom. The van der Waals surface area contributed by atoms with Crippen molar-refractivity contribution in [3.05, 3.63) is 62.1 Å². The largest absolute Gasteiger partial charge is 0.355 e. The van der Waals surface area contributed by atoms with Gasteiger partial charge in [-0.25, -0.2) is 0 Å². The maximum absolute atomic E-state index is 10.9. The Balaban J connectivity index is 2.34. The average molecular weight is 308 g/mol. The standard InChI is InChI=1S/C13H7Cl2N3O2/c14-11-4-3-9(5-12(11)15)17-10-2-1-8(7-16)13(6-10)18(19)20/h1-6,17H. The molecule has 7 heteroatoms. The zero-order chi connectivity index (χ0) is 14.7. The van der Waals surface area contributed by atoms with Gasteiger partial charge >= 0.3 is 0 Å². The third-order valence-electron chi connectivity index (χ3n) is 2.52. The van der Waals surface area contributed by atoms with Gasteiger partial charge in [-0.05, 0) is 30.3 Å². The van der Waals surface area contributed by atoms with Gasteiger partial charge in [0, 0.05) is 17.4 Å². The molecule has 2 rings (SSSR count). The Labute approximate surface area is 124 Å². The molecule has 0 atom stereocenters. The predicted molar refractivity (Wildman–Crippen MR) is 77.6 cm³/mol. The van der Waals surface area contributed by atoms with E-state index in [1.807, 2.05) is 0 Å². The third-order valence-corrected chi connectivity index (χ3v) is 3.26. The van der Waals surface area contributed by atoms with Gasteiger partial charge in [0.25, 0.3) is 5.69 Å². The normalized spacial score (nSPS) is 9.85. The van der Waals surface area contributed by atoms with Crippen LogP contribution in [0.15, 0.2) is 36.4 Å². The fourth-order valence-corrected chi connectivity index (χ4v) is 1.89. The summed E-state index contributed by atoms with van der Waals surface area (Å²) >= 11 is 11.7. The van der Waals surface area contributed by atoms with Crippen molar-refractivity contribution in [3.63, 3.8) is 0 Å². The second-order valence-electron chi connectivity index (χ2n) is 3.85. The Hall–Kier alpha value is -2.29. The van der Waals surface area contributed by atoms with Crippen molar-refractivity contribution >= 4 is 40.3 Å². The molecule has 0 spiro atoms. The molecule has 0 aliphatic carbocycles. The molecule has 5 nitrogen and oxygen atoms in total. The molecule has 0 heterocycles. The van der Waals surface area contributed by atoms with E-state index in [0.29, 0.717) is 21.4 Å². The van der Waals surface area contributed by atoms with Crippen LogP contribution in [0.2, 0.25) is 10.0 Å². The minimum absolute atomic E-state index is 0.00897. The highest BCUT2D eigenvalue weighted by molar-refractivity contribution is 6.42. The number of rotatable bonds is 3. The summed E-state index contributed by atoms with van der Waals surface area (Å²) < 4.78 is 0. The maximum Gasteiger partial charge on any atom is 0.289 e. The number of nitro benzene ring substituents is 1. The average Bonchev–Trinajstić information content (AvgIpc) is 2.43. The lowest BCUT2D eigenvalue weighted by molar-refractivity contribution is -0.385. The van der Waals surface area contributed by atoms with Gasteiger partial charge in [0.15, 0.2) is 0 Å². The fourth-order valence-electron chi connectivity index (χ4n) is 1.60. The van der Waals surface area contributed by atoms with Crippen molar-refractivity contribution in [2.45, 2.75) is 0 Å². The molecule has 0 radical (unpaired) electrons. The summed E-state index contributed by atoms with van der Waals surface area (Å²) in [4.78, 5) is 10.3. The maximum atomic E-state index is 10.9. The molecule has 0 saturated carbocycles. The first-order chi connectivity index (χ1) is 9.51. The molecule has 0 aliphatic heterocycles. The van der Waals surface area contributed by atoms with Crippen LogP contribution in [-0.2, 0) is 0 Å². The van der Waals surface area contributed by atoms with E-state index in [9.17, 15) is 10.1 Å². The topological polar surface area (TPSA) is 79.0 Å². The van der Waals surface area contributed by atoms with E-state index in [1.165, 1.54) is 12.1 Å². The van der Waals surface area contributed by atoms with Crippen molar-refractivity contribution < 1.29 is 4.92 Å². The highest BCUT2D eigenvalue weighted by Crippen LogP contribution is 2.29. The van der Waals surface area contributed by atoms with Crippen LogP contribution in [-0.4, -0.2) is 4.92 Å². The van der Waals surface area contributed by atoms with Crippen LogP contribution in [0.25, 0.3) is 0 Å². The van der Waals surface area contributed by atoms with Gasteiger partial charge in [0.2, 0.25) is 0 Å². The summed E-state index contributed by atoms with van der Waals surface area (Å²) in [5, 5.41) is 23.4. The van der Waals surface area contributed by atoms with Crippen molar-refractivity contribution in [1.29, 1.82) is 5.26 Å². The number of nitro groups is 1.